The van der Waals surface area contributed by atoms with Gasteiger partial charge >= 0.3 is 5.97 Å². The minimum atomic E-state index is -0.217. The molecular weight excluding hydrogens is 236 g/mol. The Kier molecular flexibility index (Phi) is 13.1. The summed E-state index contributed by atoms with van der Waals surface area (Å²) in [4.78, 5) is 11.2. The van der Waals surface area contributed by atoms with Gasteiger partial charge in [-0.1, -0.05) is 64.4 Å². The number of esters is 1. The van der Waals surface area contributed by atoms with Gasteiger partial charge < -0.3 is 4.74 Å². The van der Waals surface area contributed by atoms with Crippen LogP contribution < -0.4 is 0 Å². The number of carbonyl (C=O) groups excluding carboxylic acids is 1. The highest BCUT2D eigenvalue weighted by Gasteiger charge is 1.98. The third-order valence-corrected chi connectivity index (χ3v) is 3.08. The quantitative estimate of drug-likeness (QED) is 0.268. The molecular formula is C17H32O2. The maximum absolute atomic E-state index is 11.2. The van der Waals surface area contributed by atoms with E-state index in [-0.39, 0.29) is 12.1 Å². The van der Waals surface area contributed by atoms with E-state index in [4.69, 9.17) is 4.74 Å². The molecule has 2 heteroatoms. The molecule has 0 amide bonds. The van der Waals surface area contributed by atoms with Crippen LogP contribution in [0, 0.1) is 0 Å². The summed E-state index contributed by atoms with van der Waals surface area (Å²) in [5.41, 5.74) is 0. The summed E-state index contributed by atoms with van der Waals surface area (Å²) in [6, 6.07) is 0. The van der Waals surface area contributed by atoms with Gasteiger partial charge in [0.05, 0.1) is 6.10 Å². The van der Waals surface area contributed by atoms with E-state index in [1.54, 1.807) is 6.08 Å². The van der Waals surface area contributed by atoms with E-state index in [0.29, 0.717) is 0 Å². The van der Waals surface area contributed by atoms with Crippen molar-refractivity contribution in [3.63, 3.8) is 0 Å². The van der Waals surface area contributed by atoms with Gasteiger partial charge in [-0.25, -0.2) is 4.79 Å². The molecule has 0 fully saturated rings. The fourth-order valence-corrected chi connectivity index (χ4v) is 2.02. The molecule has 19 heavy (non-hydrogen) atoms. The zero-order chi connectivity index (χ0) is 14.3. The predicted octanol–water partition coefficient (Wildman–Crippen LogP) is 5.42. The first-order chi connectivity index (χ1) is 9.16. The van der Waals surface area contributed by atoms with Crippen molar-refractivity contribution in [1.29, 1.82) is 0 Å². The van der Waals surface area contributed by atoms with Crippen LogP contribution in [0.2, 0.25) is 0 Å². The number of allylic oxidation sites excluding steroid dienone is 1. The summed E-state index contributed by atoms with van der Waals surface area (Å²) in [5, 5.41) is 0. The van der Waals surface area contributed by atoms with Crippen molar-refractivity contribution in [2.24, 2.45) is 0 Å². The Hall–Kier alpha value is -0.790. The first kappa shape index (κ1) is 18.2. The van der Waals surface area contributed by atoms with Crippen molar-refractivity contribution >= 4 is 5.97 Å². The van der Waals surface area contributed by atoms with Crippen LogP contribution in [0.4, 0.5) is 0 Å². The molecule has 0 atom stereocenters. The van der Waals surface area contributed by atoms with Gasteiger partial charge in [0.1, 0.15) is 0 Å². The van der Waals surface area contributed by atoms with E-state index in [1.807, 2.05) is 19.9 Å². The molecule has 2 nitrogen and oxygen atoms in total. The minimum absolute atomic E-state index is 0.0233. The first-order valence-electron chi connectivity index (χ1n) is 8.04. The topological polar surface area (TPSA) is 26.3 Å². The number of carbonyl (C=O) groups is 1. The van der Waals surface area contributed by atoms with Crippen LogP contribution in [-0.4, -0.2) is 12.1 Å². The van der Waals surface area contributed by atoms with E-state index >= 15 is 0 Å². The monoisotopic (exact) mass is 268 g/mol. The standard InChI is InChI=1S/C17H32O2/c1-4-5-6-7-8-9-10-11-12-13-14-15-17(18)19-16(2)3/h14-16H,4-13H2,1-3H3/b15-14+. The average molecular weight is 268 g/mol. The van der Waals surface area contributed by atoms with Crippen molar-refractivity contribution in [2.75, 3.05) is 0 Å². The Morgan fingerprint density at radius 3 is 2.00 bits per heavy atom. The van der Waals surface area contributed by atoms with Gasteiger partial charge in [-0.05, 0) is 26.7 Å². The number of hydrogen-bond acceptors (Lipinski definition) is 2. The summed E-state index contributed by atoms with van der Waals surface area (Å²) < 4.78 is 5.02. The lowest BCUT2D eigenvalue weighted by atomic mass is 10.1. The third-order valence-electron chi connectivity index (χ3n) is 3.08. The molecule has 0 unspecified atom stereocenters. The summed E-state index contributed by atoms with van der Waals surface area (Å²) >= 11 is 0. The summed E-state index contributed by atoms with van der Waals surface area (Å²) in [7, 11) is 0. The van der Waals surface area contributed by atoms with Crippen LogP contribution in [0.1, 0.15) is 85.0 Å². The maximum atomic E-state index is 11.2. The molecule has 0 aliphatic carbocycles. The van der Waals surface area contributed by atoms with Crippen molar-refractivity contribution in [2.45, 2.75) is 91.1 Å². The number of rotatable bonds is 12. The van der Waals surface area contributed by atoms with E-state index in [2.05, 4.69) is 6.92 Å². The Balaban J connectivity index is 3.22. The molecule has 0 radical (unpaired) electrons. The third kappa shape index (κ3) is 15.2. The van der Waals surface area contributed by atoms with Gasteiger partial charge in [-0.15, -0.1) is 0 Å². The lowest BCUT2D eigenvalue weighted by Gasteiger charge is -2.03. The Labute approximate surface area is 119 Å². The molecule has 0 N–H and O–H groups in total. The van der Waals surface area contributed by atoms with Gasteiger partial charge in [0.2, 0.25) is 0 Å². The van der Waals surface area contributed by atoms with Gasteiger partial charge in [-0.2, -0.15) is 0 Å². The van der Waals surface area contributed by atoms with Crippen molar-refractivity contribution < 1.29 is 9.53 Å². The maximum Gasteiger partial charge on any atom is 0.330 e. The second-order valence-electron chi connectivity index (χ2n) is 5.51. The highest BCUT2D eigenvalue weighted by Crippen LogP contribution is 2.10. The molecule has 0 aliphatic rings. The molecule has 0 bridgehead atoms. The first-order valence-corrected chi connectivity index (χ1v) is 8.04. The average Bonchev–Trinajstić information content (AvgIpc) is 2.35. The molecule has 112 valence electrons. The van der Waals surface area contributed by atoms with Crippen molar-refractivity contribution in [3.8, 4) is 0 Å². The van der Waals surface area contributed by atoms with Crippen molar-refractivity contribution in [1.82, 2.24) is 0 Å². The summed E-state index contributed by atoms with van der Waals surface area (Å²) in [5.74, 6) is -0.217. The van der Waals surface area contributed by atoms with Gasteiger partial charge in [0.15, 0.2) is 0 Å². The molecule has 0 rings (SSSR count). The molecule has 0 heterocycles. The van der Waals surface area contributed by atoms with Crippen LogP contribution in [0.25, 0.3) is 0 Å². The molecule has 0 aromatic heterocycles. The zero-order valence-corrected chi connectivity index (χ0v) is 13.1. The number of hydrogen-bond donors (Lipinski definition) is 0. The molecule has 0 aliphatic heterocycles. The van der Waals surface area contributed by atoms with Crippen LogP contribution in [0.3, 0.4) is 0 Å². The number of unbranched alkanes of at least 4 members (excludes halogenated alkanes) is 9. The van der Waals surface area contributed by atoms with Crippen LogP contribution in [-0.2, 0) is 9.53 Å². The highest BCUT2D eigenvalue weighted by atomic mass is 16.5. The van der Waals surface area contributed by atoms with Gasteiger partial charge in [0.25, 0.3) is 0 Å². The Bertz CT molecular complexity index is 231. The lowest BCUT2D eigenvalue weighted by Crippen LogP contribution is -2.08. The predicted molar refractivity (Wildman–Crippen MR) is 82.2 cm³/mol. The SMILES string of the molecule is CCCCCCCCCCC/C=C/C(=O)OC(C)C. The molecule has 0 saturated carbocycles. The minimum Gasteiger partial charge on any atom is -0.460 e. The Morgan fingerprint density at radius 2 is 1.47 bits per heavy atom. The van der Waals surface area contributed by atoms with E-state index in [1.165, 1.54) is 57.8 Å². The molecule has 0 aromatic rings. The van der Waals surface area contributed by atoms with Crippen molar-refractivity contribution in [3.05, 3.63) is 12.2 Å². The van der Waals surface area contributed by atoms with Crippen LogP contribution in [0.15, 0.2) is 12.2 Å². The largest absolute Gasteiger partial charge is 0.460 e. The van der Waals surface area contributed by atoms with Crippen LogP contribution in [0.5, 0.6) is 0 Å². The fraction of sp³-hybridized carbons (Fsp3) is 0.824. The molecule has 0 saturated heterocycles. The summed E-state index contributed by atoms with van der Waals surface area (Å²) in [6.45, 7) is 5.99. The van der Waals surface area contributed by atoms with Gasteiger partial charge in [0, 0.05) is 6.08 Å². The van der Waals surface area contributed by atoms with Gasteiger partial charge in [-0.3, -0.25) is 0 Å². The van der Waals surface area contributed by atoms with E-state index in [0.717, 1.165) is 6.42 Å². The second-order valence-corrected chi connectivity index (χ2v) is 5.51. The summed E-state index contributed by atoms with van der Waals surface area (Å²) in [6.07, 6.45) is 16.5. The van der Waals surface area contributed by atoms with E-state index < -0.39 is 0 Å². The fourth-order valence-electron chi connectivity index (χ4n) is 2.02. The second kappa shape index (κ2) is 13.6. The normalized spacial score (nSPS) is 11.4. The highest BCUT2D eigenvalue weighted by molar-refractivity contribution is 5.81. The van der Waals surface area contributed by atoms with Crippen LogP contribution >= 0.6 is 0 Å². The lowest BCUT2D eigenvalue weighted by molar-refractivity contribution is -0.141. The zero-order valence-electron chi connectivity index (χ0n) is 13.1. The molecule has 0 spiro atoms. The smallest absolute Gasteiger partial charge is 0.330 e. The Morgan fingerprint density at radius 1 is 0.947 bits per heavy atom. The number of ether oxygens (including phenoxy) is 1. The molecule has 0 aromatic carbocycles. The van der Waals surface area contributed by atoms with E-state index in [9.17, 15) is 4.79 Å².